The highest BCUT2D eigenvalue weighted by molar-refractivity contribution is 8.00. The number of para-hydroxylation sites is 1. The van der Waals surface area contributed by atoms with Crippen LogP contribution in [-0.2, 0) is 14.3 Å². The van der Waals surface area contributed by atoms with Crippen molar-refractivity contribution in [1.29, 1.82) is 0 Å². The van der Waals surface area contributed by atoms with Gasteiger partial charge in [-0.05, 0) is 43.0 Å². The van der Waals surface area contributed by atoms with Gasteiger partial charge in [0.15, 0.2) is 6.10 Å². The summed E-state index contributed by atoms with van der Waals surface area (Å²) in [6, 6.07) is 15.5. The fourth-order valence-electron chi connectivity index (χ4n) is 2.51. The van der Waals surface area contributed by atoms with E-state index in [-0.39, 0.29) is 17.6 Å². The molecule has 0 radical (unpaired) electrons. The van der Waals surface area contributed by atoms with Gasteiger partial charge in [-0.15, -0.1) is 11.8 Å². The summed E-state index contributed by atoms with van der Waals surface area (Å²) < 4.78 is 5.27. The van der Waals surface area contributed by atoms with Gasteiger partial charge in [-0.3, -0.25) is 9.59 Å². The zero-order chi connectivity index (χ0) is 19.1. The van der Waals surface area contributed by atoms with Crippen LogP contribution in [0.1, 0.15) is 37.8 Å². The van der Waals surface area contributed by atoms with Gasteiger partial charge in [0.25, 0.3) is 5.91 Å². The van der Waals surface area contributed by atoms with E-state index in [1.54, 1.807) is 6.92 Å². The predicted octanol–water partition coefficient (Wildman–Crippen LogP) is 4.78. The molecule has 2 aromatic carbocycles. The third kappa shape index (κ3) is 5.63. The standard InChI is InChI=1S/C21H25NO3S/c1-14(2)18-12-8-9-15(3)20(18)22-21(24)16(4)25-19(23)13-26-17-10-6-5-7-11-17/h5-12,14,16H,13H2,1-4H3,(H,22,24)/t16-/m0/s1. The van der Waals surface area contributed by atoms with Crippen LogP contribution in [0.3, 0.4) is 0 Å². The number of thioether (sulfide) groups is 1. The van der Waals surface area contributed by atoms with Gasteiger partial charge in [0, 0.05) is 10.6 Å². The van der Waals surface area contributed by atoms with Crippen molar-refractivity contribution in [2.24, 2.45) is 0 Å². The summed E-state index contributed by atoms with van der Waals surface area (Å²) in [5.74, 6) is -0.275. The summed E-state index contributed by atoms with van der Waals surface area (Å²) in [5.41, 5.74) is 2.85. The van der Waals surface area contributed by atoms with E-state index in [0.29, 0.717) is 0 Å². The molecule has 0 bridgehead atoms. The molecule has 0 saturated carbocycles. The molecule has 0 aromatic heterocycles. The Bertz CT molecular complexity index is 759. The Morgan fingerprint density at radius 3 is 2.38 bits per heavy atom. The first-order chi connectivity index (χ1) is 12.4. The number of carbonyl (C=O) groups excluding carboxylic acids is 2. The fraction of sp³-hybridized carbons (Fsp3) is 0.333. The lowest BCUT2D eigenvalue weighted by molar-refractivity contribution is -0.150. The van der Waals surface area contributed by atoms with Crippen molar-refractivity contribution < 1.29 is 14.3 Å². The third-order valence-electron chi connectivity index (χ3n) is 3.95. The molecule has 0 aliphatic rings. The lowest BCUT2D eigenvalue weighted by Gasteiger charge is -2.19. The molecular weight excluding hydrogens is 346 g/mol. The number of ether oxygens (including phenoxy) is 1. The smallest absolute Gasteiger partial charge is 0.317 e. The Balaban J connectivity index is 1.92. The van der Waals surface area contributed by atoms with E-state index in [2.05, 4.69) is 19.2 Å². The van der Waals surface area contributed by atoms with Crippen molar-refractivity contribution in [3.63, 3.8) is 0 Å². The van der Waals surface area contributed by atoms with Crippen LogP contribution in [0.2, 0.25) is 0 Å². The van der Waals surface area contributed by atoms with E-state index in [1.807, 2.05) is 55.5 Å². The summed E-state index contributed by atoms with van der Waals surface area (Å²) in [6.45, 7) is 7.70. The minimum absolute atomic E-state index is 0.170. The van der Waals surface area contributed by atoms with Crippen molar-refractivity contribution in [2.45, 2.75) is 44.6 Å². The van der Waals surface area contributed by atoms with Crippen molar-refractivity contribution in [3.8, 4) is 0 Å². The van der Waals surface area contributed by atoms with Crippen molar-refractivity contribution >= 4 is 29.3 Å². The molecule has 1 N–H and O–H groups in total. The minimum atomic E-state index is -0.849. The number of benzene rings is 2. The van der Waals surface area contributed by atoms with Crippen molar-refractivity contribution in [2.75, 3.05) is 11.1 Å². The number of hydrogen-bond donors (Lipinski definition) is 1. The largest absolute Gasteiger partial charge is 0.452 e. The Kier molecular flexibility index (Phi) is 7.27. The summed E-state index contributed by atoms with van der Waals surface area (Å²) in [6.07, 6.45) is -0.849. The Morgan fingerprint density at radius 1 is 1.04 bits per heavy atom. The molecular formula is C21H25NO3S. The first kappa shape index (κ1) is 20.0. The van der Waals surface area contributed by atoms with Gasteiger partial charge in [0.1, 0.15) is 0 Å². The number of rotatable bonds is 7. The molecule has 1 amide bonds. The van der Waals surface area contributed by atoms with Crippen molar-refractivity contribution in [1.82, 2.24) is 0 Å². The van der Waals surface area contributed by atoms with Crippen LogP contribution < -0.4 is 5.32 Å². The van der Waals surface area contributed by atoms with E-state index >= 15 is 0 Å². The van der Waals surface area contributed by atoms with Gasteiger partial charge >= 0.3 is 5.97 Å². The molecule has 0 aliphatic carbocycles. The fourth-order valence-corrected chi connectivity index (χ4v) is 3.21. The maximum atomic E-state index is 12.5. The molecule has 0 aliphatic heterocycles. The first-order valence-electron chi connectivity index (χ1n) is 8.66. The van der Waals surface area contributed by atoms with Crippen LogP contribution in [0, 0.1) is 6.92 Å². The number of nitrogens with one attached hydrogen (secondary N) is 1. The highest BCUT2D eigenvalue weighted by Crippen LogP contribution is 2.27. The van der Waals surface area contributed by atoms with Gasteiger partial charge < -0.3 is 10.1 Å². The molecule has 1 atom stereocenters. The van der Waals surface area contributed by atoms with Crippen LogP contribution in [0.25, 0.3) is 0 Å². The predicted molar refractivity (Wildman–Crippen MR) is 107 cm³/mol. The molecule has 0 fully saturated rings. The maximum absolute atomic E-state index is 12.5. The second-order valence-electron chi connectivity index (χ2n) is 6.42. The van der Waals surface area contributed by atoms with E-state index in [1.165, 1.54) is 11.8 Å². The third-order valence-corrected chi connectivity index (χ3v) is 4.94. The highest BCUT2D eigenvalue weighted by Gasteiger charge is 2.20. The molecule has 0 heterocycles. The van der Waals surface area contributed by atoms with Gasteiger partial charge in [-0.2, -0.15) is 0 Å². The van der Waals surface area contributed by atoms with Crippen LogP contribution in [0.15, 0.2) is 53.4 Å². The Morgan fingerprint density at radius 2 is 1.73 bits per heavy atom. The van der Waals surface area contributed by atoms with E-state index < -0.39 is 12.1 Å². The molecule has 0 saturated heterocycles. The normalized spacial score (nSPS) is 11.9. The lowest BCUT2D eigenvalue weighted by atomic mass is 9.98. The molecule has 2 aromatic rings. The number of esters is 1. The van der Waals surface area contributed by atoms with E-state index in [9.17, 15) is 9.59 Å². The quantitative estimate of drug-likeness (QED) is 0.562. The minimum Gasteiger partial charge on any atom is -0.452 e. The summed E-state index contributed by atoms with van der Waals surface area (Å²) in [5, 5.41) is 2.92. The van der Waals surface area contributed by atoms with Crippen LogP contribution in [0.5, 0.6) is 0 Å². The van der Waals surface area contributed by atoms with Crippen LogP contribution in [0.4, 0.5) is 5.69 Å². The Hall–Kier alpha value is -2.27. The van der Waals surface area contributed by atoms with Gasteiger partial charge in [-0.1, -0.05) is 50.2 Å². The number of anilines is 1. The zero-order valence-corrected chi connectivity index (χ0v) is 16.4. The van der Waals surface area contributed by atoms with E-state index in [4.69, 9.17) is 4.74 Å². The van der Waals surface area contributed by atoms with Crippen LogP contribution in [-0.4, -0.2) is 23.7 Å². The van der Waals surface area contributed by atoms with E-state index in [0.717, 1.165) is 21.7 Å². The highest BCUT2D eigenvalue weighted by atomic mass is 32.2. The molecule has 0 unspecified atom stereocenters. The molecule has 138 valence electrons. The zero-order valence-electron chi connectivity index (χ0n) is 15.6. The number of carbonyl (C=O) groups is 2. The summed E-state index contributed by atoms with van der Waals surface area (Å²) >= 11 is 1.39. The molecule has 4 nitrogen and oxygen atoms in total. The van der Waals surface area contributed by atoms with Crippen LogP contribution >= 0.6 is 11.8 Å². The van der Waals surface area contributed by atoms with Crippen molar-refractivity contribution in [3.05, 3.63) is 59.7 Å². The van der Waals surface area contributed by atoms with Gasteiger partial charge in [-0.25, -0.2) is 0 Å². The average Bonchev–Trinajstić information content (AvgIpc) is 2.62. The summed E-state index contributed by atoms with van der Waals surface area (Å²) in [4.78, 5) is 25.4. The molecule has 2 rings (SSSR count). The van der Waals surface area contributed by atoms with Gasteiger partial charge in [0.05, 0.1) is 5.75 Å². The monoisotopic (exact) mass is 371 g/mol. The SMILES string of the molecule is Cc1cccc(C(C)C)c1NC(=O)[C@H](C)OC(=O)CSc1ccccc1. The number of aryl methyl sites for hydroxylation is 1. The first-order valence-corrected chi connectivity index (χ1v) is 9.64. The molecule has 0 spiro atoms. The molecule has 5 heteroatoms. The molecule has 26 heavy (non-hydrogen) atoms. The lowest BCUT2D eigenvalue weighted by Crippen LogP contribution is -2.31. The topological polar surface area (TPSA) is 55.4 Å². The number of hydrogen-bond acceptors (Lipinski definition) is 4. The average molecular weight is 372 g/mol. The second-order valence-corrected chi connectivity index (χ2v) is 7.47. The maximum Gasteiger partial charge on any atom is 0.317 e. The number of amides is 1. The Labute approximate surface area is 159 Å². The second kappa shape index (κ2) is 9.43. The summed E-state index contributed by atoms with van der Waals surface area (Å²) in [7, 11) is 0. The van der Waals surface area contributed by atoms with Gasteiger partial charge in [0.2, 0.25) is 0 Å².